The molecule has 1 aromatic rings. The Kier molecular flexibility index (Phi) is 5.60. The summed E-state index contributed by atoms with van der Waals surface area (Å²) in [6.45, 7) is 6.09. The first kappa shape index (κ1) is 18.4. The predicted molar refractivity (Wildman–Crippen MR) is 93.1 cm³/mol. The Bertz CT molecular complexity index is 715. The van der Waals surface area contributed by atoms with Gasteiger partial charge in [-0.3, -0.25) is 9.69 Å². The number of nitriles is 1. The Morgan fingerprint density at radius 1 is 1.46 bits per heavy atom. The van der Waals surface area contributed by atoms with Crippen molar-refractivity contribution in [2.45, 2.75) is 56.6 Å². The van der Waals surface area contributed by atoms with Crippen LogP contribution in [0.5, 0.6) is 0 Å². The lowest BCUT2D eigenvalue weighted by Gasteiger charge is -2.36. The number of pyridine rings is 1. The number of H-pyrrole nitrogens is 1. The summed E-state index contributed by atoms with van der Waals surface area (Å²) in [7, 11) is 0. The van der Waals surface area contributed by atoms with E-state index in [1.807, 2.05) is 33.1 Å². The molecule has 6 nitrogen and oxygen atoms in total. The highest BCUT2D eigenvalue weighted by Gasteiger charge is 2.32. The zero-order valence-corrected chi connectivity index (χ0v) is 15.3. The predicted octanol–water partition coefficient (Wildman–Crippen LogP) is 3.43. The van der Waals surface area contributed by atoms with Crippen LogP contribution in [-0.2, 0) is 4.74 Å². The van der Waals surface area contributed by atoms with Crippen LogP contribution in [0.3, 0.4) is 0 Å². The Hall–Kier alpha value is -1.94. The third kappa shape index (κ3) is 4.12. The quantitative estimate of drug-likeness (QED) is 0.827. The molecule has 1 aliphatic rings. The summed E-state index contributed by atoms with van der Waals surface area (Å²) in [6, 6.07) is 3.51. The van der Waals surface area contributed by atoms with Crippen LogP contribution in [0.1, 0.15) is 57.3 Å². The van der Waals surface area contributed by atoms with Crippen molar-refractivity contribution >= 4 is 17.9 Å². The van der Waals surface area contributed by atoms with E-state index in [-0.39, 0.29) is 17.7 Å². The number of ether oxygens (including phenoxy) is 1. The molecule has 0 bridgehead atoms. The lowest BCUT2D eigenvalue weighted by atomic mass is 9.99. The minimum absolute atomic E-state index is 0.117. The summed E-state index contributed by atoms with van der Waals surface area (Å²) in [5, 5.41) is 9.13. The second-order valence-electron chi connectivity index (χ2n) is 6.79. The lowest BCUT2D eigenvalue weighted by molar-refractivity contribution is 0.00895. The Balaban J connectivity index is 2.38. The number of amides is 1. The third-order valence-corrected chi connectivity index (χ3v) is 4.60. The molecule has 2 rings (SSSR count). The molecule has 1 unspecified atom stereocenters. The summed E-state index contributed by atoms with van der Waals surface area (Å²) < 4.78 is 5.50. The van der Waals surface area contributed by atoms with Crippen molar-refractivity contribution in [3.8, 4) is 6.07 Å². The van der Waals surface area contributed by atoms with Gasteiger partial charge in [0.25, 0.3) is 5.56 Å². The van der Waals surface area contributed by atoms with Crippen LogP contribution in [0.2, 0.25) is 0 Å². The molecule has 130 valence electrons. The average Bonchev–Trinajstić information content (AvgIpc) is 2.52. The molecule has 1 amide bonds. The van der Waals surface area contributed by atoms with E-state index in [9.17, 15) is 9.59 Å². The first-order chi connectivity index (χ1) is 11.3. The Labute approximate surface area is 146 Å². The molecular weight excluding hydrogens is 326 g/mol. The molecule has 7 heteroatoms. The maximum absolute atomic E-state index is 12.5. The van der Waals surface area contributed by atoms with Gasteiger partial charge < -0.3 is 9.72 Å². The van der Waals surface area contributed by atoms with Gasteiger partial charge in [-0.2, -0.15) is 5.26 Å². The van der Waals surface area contributed by atoms with Gasteiger partial charge in [0.05, 0.1) is 6.04 Å². The number of carbonyl (C=O) groups is 1. The van der Waals surface area contributed by atoms with Crippen LogP contribution < -0.4 is 5.56 Å². The summed E-state index contributed by atoms with van der Waals surface area (Å²) in [6.07, 6.45) is 4.09. The molecule has 1 aromatic heterocycles. The molecule has 0 radical (unpaired) electrons. The van der Waals surface area contributed by atoms with Crippen LogP contribution in [0, 0.1) is 11.3 Å². The van der Waals surface area contributed by atoms with Gasteiger partial charge in [0, 0.05) is 17.1 Å². The van der Waals surface area contributed by atoms with Crippen LogP contribution in [0.25, 0.3) is 0 Å². The lowest BCUT2D eigenvalue weighted by Crippen LogP contribution is -2.42. The third-order valence-electron chi connectivity index (χ3n) is 3.84. The fourth-order valence-corrected chi connectivity index (χ4v) is 3.38. The highest BCUT2D eigenvalue weighted by molar-refractivity contribution is 7.98. The monoisotopic (exact) mass is 349 g/mol. The fraction of sp³-hybridized carbons (Fsp3) is 0.588. The molecule has 0 aromatic carbocycles. The van der Waals surface area contributed by atoms with Gasteiger partial charge in [-0.1, -0.05) is 0 Å². The summed E-state index contributed by atoms with van der Waals surface area (Å²) in [5.41, 5.74) is -0.199. The summed E-state index contributed by atoms with van der Waals surface area (Å²) in [5.74, 6) is 0. The van der Waals surface area contributed by atoms with Crippen molar-refractivity contribution in [3.63, 3.8) is 0 Å². The normalized spacial score (nSPS) is 18.1. The van der Waals surface area contributed by atoms with Gasteiger partial charge in [0.15, 0.2) is 0 Å². The van der Waals surface area contributed by atoms with E-state index in [1.165, 1.54) is 11.8 Å². The molecule has 0 saturated carbocycles. The molecule has 1 aliphatic heterocycles. The van der Waals surface area contributed by atoms with Gasteiger partial charge in [0.2, 0.25) is 0 Å². The molecule has 1 N–H and O–H groups in total. The van der Waals surface area contributed by atoms with E-state index in [0.29, 0.717) is 17.1 Å². The molecule has 24 heavy (non-hydrogen) atoms. The first-order valence-electron chi connectivity index (χ1n) is 7.97. The molecule has 0 aliphatic carbocycles. The Morgan fingerprint density at radius 2 is 2.17 bits per heavy atom. The van der Waals surface area contributed by atoms with Gasteiger partial charge in [-0.25, -0.2) is 4.79 Å². The van der Waals surface area contributed by atoms with Crippen LogP contribution in [0.4, 0.5) is 4.79 Å². The number of carbonyl (C=O) groups excluding carboxylic acids is 1. The van der Waals surface area contributed by atoms with Crippen molar-refractivity contribution in [1.82, 2.24) is 9.88 Å². The molecule has 1 fully saturated rings. The molecular formula is C17H23N3O3S. The standard InChI is InChI=1S/C17H23N3O3S/c1-17(2,3)23-16(22)20-8-6-5-7-13(20)12-9-14(24-4)11(10-18)15(21)19-12/h9,13H,5-8H2,1-4H3,(H,19,21). The largest absolute Gasteiger partial charge is 0.444 e. The highest BCUT2D eigenvalue weighted by atomic mass is 32.2. The molecule has 2 heterocycles. The van der Waals surface area contributed by atoms with E-state index in [1.54, 1.807) is 11.0 Å². The highest BCUT2D eigenvalue weighted by Crippen LogP contribution is 2.32. The van der Waals surface area contributed by atoms with E-state index in [4.69, 9.17) is 10.00 Å². The number of likely N-dealkylation sites (tertiary alicyclic amines) is 1. The molecule has 0 spiro atoms. The number of rotatable bonds is 2. The van der Waals surface area contributed by atoms with Gasteiger partial charge in [-0.15, -0.1) is 11.8 Å². The Morgan fingerprint density at radius 3 is 2.75 bits per heavy atom. The number of piperidine rings is 1. The zero-order valence-electron chi connectivity index (χ0n) is 14.5. The summed E-state index contributed by atoms with van der Waals surface area (Å²) in [4.78, 5) is 29.8. The number of hydrogen-bond donors (Lipinski definition) is 1. The average molecular weight is 349 g/mol. The van der Waals surface area contributed by atoms with E-state index in [2.05, 4.69) is 4.98 Å². The van der Waals surface area contributed by atoms with Crippen molar-refractivity contribution in [1.29, 1.82) is 5.26 Å². The van der Waals surface area contributed by atoms with E-state index >= 15 is 0 Å². The minimum atomic E-state index is -0.568. The second kappa shape index (κ2) is 7.31. The summed E-state index contributed by atoms with van der Waals surface area (Å²) >= 11 is 1.35. The minimum Gasteiger partial charge on any atom is -0.444 e. The van der Waals surface area contributed by atoms with E-state index in [0.717, 1.165) is 19.3 Å². The van der Waals surface area contributed by atoms with Crippen LogP contribution in [-0.4, -0.2) is 34.4 Å². The van der Waals surface area contributed by atoms with Crippen molar-refractivity contribution in [3.05, 3.63) is 27.7 Å². The number of nitrogens with one attached hydrogen (secondary N) is 1. The second-order valence-corrected chi connectivity index (χ2v) is 7.64. The number of aromatic amines is 1. The van der Waals surface area contributed by atoms with E-state index < -0.39 is 11.2 Å². The van der Waals surface area contributed by atoms with Crippen LogP contribution in [0.15, 0.2) is 15.8 Å². The van der Waals surface area contributed by atoms with Gasteiger partial charge >= 0.3 is 6.09 Å². The fourth-order valence-electron chi connectivity index (χ4n) is 2.80. The number of nitrogens with zero attached hydrogens (tertiary/aromatic N) is 2. The molecule has 1 atom stereocenters. The number of hydrogen-bond acceptors (Lipinski definition) is 5. The number of aromatic nitrogens is 1. The van der Waals surface area contributed by atoms with Crippen molar-refractivity contribution in [2.24, 2.45) is 0 Å². The first-order valence-corrected chi connectivity index (χ1v) is 9.20. The number of thioether (sulfide) groups is 1. The van der Waals surface area contributed by atoms with Gasteiger partial charge in [-0.05, 0) is 52.4 Å². The SMILES string of the molecule is CSc1cc(C2CCCCN2C(=O)OC(C)(C)C)[nH]c(=O)c1C#N. The maximum atomic E-state index is 12.5. The van der Waals surface area contributed by atoms with Crippen molar-refractivity contribution < 1.29 is 9.53 Å². The smallest absolute Gasteiger partial charge is 0.410 e. The maximum Gasteiger partial charge on any atom is 0.410 e. The van der Waals surface area contributed by atoms with Crippen molar-refractivity contribution in [2.75, 3.05) is 12.8 Å². The zero-order chi connectivity index (χ0) is 17.9. The van der Waals surface area contributed by atoms with Crippen LogP contribution >= 0.6 is 11.8 Å². The van der Waals surface area contributed by atoms with Gasteiger partial charge in [0.1, 0.15) is 17.2 Å². The molecule has 1 saturated heterocycles. The topological polar surface area (TPSA) is 86.2 Å².